The van der Waals surface area contributed by atoms with Crippen molar-refractivity contribution in [2.24, 2.45) is 0 Å². The second-order valence-electron chi connectivity index (χ2n) is 3.93. The summed E-state index contributed by atoms with van der Waals surface area (Å²) in [6.07, 6.45) is 2.52. The predicted octanol–water partition coefficient (Wildman–Crippen LogP) is 3.63. The Kier molecular flexibility index (Phi) is 2.94. The van der Waals surface area contributed by atoms with E-state index in [1.54, 1.807) is 6.07 Å². The lowest BCUT2D eigenvalue weighted by atomic mass is 10.1. The van der Waals surface area contributed by atoms with Crippen LogP contribution in [0.2, 0.25) is 10.0 Å². The number of benzene rings is 1. The van der Waals surface area contributed by atoms with Crippen molar-refractivity contribution < 1.29 is 0 Å². The molecule has 0 saturated carbocycles. The predicted molar refractivity (Wildman–Crippen MR) is 72.3 cm³/mol. The molecule has 3 aromatic rings. The molecule has 0 amide bonds. The van der Waals surface area contributed by atoms with Gasteiger partial charge in [-0.3, -0.25) is 4.40 Å². The van der Waals surface area contributed by atoms with Crippen molar-refractivity contribution in [3.05, 3.63) is 64.0 Å². The third kappa shape index (κ3) is 1.96. The monoisotopic (exact) mass is 277 g/mol. The highest BCUT2D eigenvalue weighted by Crippen LogP contribution is 2.20. The molecule has 0 unspecified atom stereocenters. The minimum absolute atomic E-state index is 0.593. The smallest absolute Gasteiger partial charge is 0.179 e. The van der Waals surface area contributed by atoms with Crippen LogP contribution >= 0.6 is 23.2 Å². The first-order valence-electron chi connectivity index (χ1n) is 5.47. The fraction of sp³-hybridized carbons (Fsp3) is 0.0769. The van der Waals surface area contributed by atoms with Crippen LogP contribution < -0.4 is 0 Å². The molecular weight excluding hydrogens is 269 g/mol. The molecule has 0 spiro atoms. The Hall–Kier alpha value is -1.58. The number of fused-ring (bicyclic) bond motifs is 1. The van der Waals surface area contributed by atoms with Crippen LogP contribution in [0.3, 0.4) is 0 Å². The highest BCUT2D eigenvalue weighted by molar-refractivity contribution is 6.33. The van der Waals surface area contributed by atoms with Gasteiger partial charge in [-0.25, -0.2) is 0 Å². The van der Waals surface area contributed by atoms with Gasteiger partial charge >= 0.3 is 0 Å². The van der Waals surface area contributed by atoms with Crippen molar-refractivity contribution in [1.82, 2.24) is 14.6 Å². The van der Waals surface area contributed by atoms with E-state index in [1.807, 2.05) is 40.9 Å². The molecular formula is C13H9Cl2N3. The summed E-state index contributed by atoms with van der Waals surface area (Å²) in [6.45, 7) is 0. The molecule has 2 aromatic heterocycles. The molecule has 0 aliphatic heterocycles. The van der Waals surface area contributed by atoms with Gasteiger partial charge in [-0.05, 0) is 23.8 Å². The van der Waals surface area contributed by atoms with Crippen LogP contribution in [0.15, 0.2) is 42.6 Å². The van der Waals surface area contributed by atoms with Crippen LogP contribution in [0.5, 0.6) is 0 Å². The second-order valence-corrected chi connectivity index (χ2v) is 4.75. The van der Waals surface area contributed by atoms with Gasteiger partial charge in [0.05, 0.1) is 5.02 Å². The molecule has 0 N–H and O–H groups in total. The zero-order valence-corrected chi connectivity index (χ0v) is 10.9. The summed E-state index contributed by atoms with van der Waals surface area (Å²) in [5.41, 5.74) is 1.69. The Morgan fingerprint density at radius 3 is 2.56 bits per heavy atom. The topological polar surface area (TPSA) is 30.2 Å². The lowest BCUT2D eigenvalue weighted by Gasteiger charge is -2.03. The van der Waals surface area contributed by atoms with E-state index in [1.165, 1.54) is 0 Å². The Morgan fingerprint density at radius 1 is 0.944 bits per heavy atom. The molecule has 0 atom stereocenters. The lowest BCUT2D eigenvalue weighted by molar-refractivity contribution is 0.934. The molecule has 5 heteroatoms. The van der Waals surface area contributed by atoms with E-state index in [0.29, 0.717) is 17.1 Å². The Bertz CT molecular complexity index is 706. The van der Waals surface area contributed by atoms with E-state index in [-0.39, 0.29) is 0 Å². The van der Waals surface area contributed by atoms with Gasteiger partial charge in [-0.15, -0.1) is 10.2 Å². The zero-order valence-electron chi connectivity index (χ0n) is 9.35. The summed E-state index contributed by atoms with van der Waals surface area (Å²) in [5.74, 6) is 0.820. The van der Waals surface area contributed by atoms with Crippen molar-refractivity contribution >= 4 is 28.8 Å². The zero-order chi connectivity index (χ0) is 12.5. The van der Waals surface area contributed by atoms with Gasteiger partial charge < -0.3 is 0 Å². The van der Waals surface area contributed by atoms with Gasteiger partial charge in [0.2, 0.25) is 0 Å². The first kappa shape index (κ1) is 11.5. The first-order valence-corrected chi connectivity index (χ1v) is 6.23. The largest absolute Gasteiger partial charge is 0.285 e. The van der Waals surface area contributed by atoms with Crippen LogP contribution in [-0.2, 0) is 6.42 Å². The van der Waals surface area contributed by atoms with Crippen molar-refractivity contribution in [3.63, 3.8) is 0 Å². The minimum Gasteiger partial charge on any atom is -0.285 e. The van der Waals surface area contributed by atoms with E-state index in [0.717, 1.165) is 16.4 Å². The second kappa shape index (κ2) is 4.59. The Labute approximate surface area is 114 Å². The van der Waals surface area contributed by atoms with Crippen LogP contribution in [0, 0.1) is 0 Å². The van der Waals surface area contributed by atoms with Crippen LogP contribution in [0.25, 0.3) is 5.65 Å². The van der Waals surface area contributed by atoms with E-state index < -0.39 is 0 Å². The summed E-state index contributed by atoms with van der Waals surface area (Å²) in [4.78, 5) is 0. The highest BCUT2D eigenvalue weighted by atomic mass is 35.5. The third-order valence-corrected chi connectivity index (χ3v) is 3.43. The number of pyridine rings is 1. The van der Waals surface area contributed by atoms with Gasteiger partial charge in [0.1, 0.15) is 5.82 Å². The summed E-state index contributed by atoms with van der Waals surface area (Å²) in [6, 6.07) is 11.4. The average molecular weight is 278 g/mol. The summed E-state index contributed by atoms with van der Waals surface area (Å²) >= 11 is 12.2. The van der Waals surface area contributed by atoms with Crippen molar-refractivity contribution in [2.75, 3.05) is 0 Å². The molecule has 0 aliphatic rings. The van der Waals surface area contributed by atoms with Crippen LogP contribution in [0.1, 0.15) is 11.4 Å². The minimum atomic E-state index is 0.593. The Balaban J connectivity index is 2.06. The van der Waals surface area contributed by atoms with E-state index in [9.17, 15) is 0 Å². The molecule has 3 rings (SSSR count). The average Bonchev–Trinajstić information content (AvgIpc) is 2.77. The maximum Gasteiger partial charge on any atom is 0.179 e. The van der Waals surface area contributed by atoms with Crippen LogP contribution in [0.4, 0.5) is 0 Å². The Morgan fingerprint density at radius 2 is 1.72 bits per heavy atom. The molecule has 2 heterocycles. The third-order valence-electron chi connectivity index (χ3n) is 2.76. The summed E-state index contributed by atoms with van der Waals surface area (Å²) in [7, 11) is 0. The lowest BCUT2D eigenvalue weighted by Crippen LogP contribution is -1.96. The molecule has 0 bridgehead atoms. The number of aromatic nitrogens is 3. The van der Waals surface area contributed by atoms with E-state index >= 15 is 0 Å². The number of hydrogen-bond acceptors (Lipinski definition) is 2. The molecule has 18 heavy (non-hydrogen) atoms. The van der Waals surface area contributed by atoms with Gasteiger partial charge in [0.15, 0.2) is 5.65 Å². The number of rotatable bonds is 2. The van der Waals surface area contributed by atoms with Crippen molar-refractivity contribution in [1.29, 1.82) is 0 Å². The van der Waals surface area contributed by atoms with Crippen molar-refractivity contribution in [2.45, 2.75) is 6.42 Å². The molecule has 0 aliphatic carbocycles. The maximum absolute atomic E-state index is 6.14. The number of nitrogens with zero attached hydrogens (tertiary/aromatic N) is 3. The fourth-order valence-electron chi connectivity index (χ4n) is 1.86. The fourth-order valence-corrected chi connectivity index (χ4v) is 2.27. The molecule has 1 aromatic carbocycles. The molecule has 3 nitrogen and oxygen atoms in total. The van der Waals surface area contributed by atoms with Gasteiger partial charge in [-0.2, -0.15) is 0 Å². The maximum atomic E-state index is 6.14. The van der Waals surface area contributed by atoms with Crippen LogP contribution in [-0.4, -0.2) is 14.6 Å². The molecule has 0 saturated heterocycles. The molecule has 90 valence electrons. The van der Waals surface area contributed by atoms with Gasteiger partial charge in [-0.1, -0.05) is 41.4 Å². The summed E-state index contributed by atoms with van der Waals surface area (Å²) < 4.78 is 1.88. The normalized spacial score (nSPS) is 11.0. The number of halogens is 2. The number of hydrogen-bond donors (Lipinski definition) is 0. The standard InChI is InChI=1S/C13H9Cl2N3/c14-10-5-2-1-4-9(10)8-12-16-17-13-11(15)6-3-7-18(12)13/h1-7H,8H2. The molecule has 0 fully saturated rings. The van der Waals surface area contributed by atoms with E-state index in [2.05, 4.69) is 10.2 Å². The SMILES string of the molecule is Clc1ccccc1Cc1nnc2c(Cl)cccn12. The summed E-state index contributed by atoms with van der Waals surface area (Å²) in [5, 5.41) is 9.57. The van der Waals surface area contributed by atoms with Gasteiger partial charge in [0.25, 0.3) is 0 Å². The van der Waals surface area contributed by atoms with Crippen molar-refractivity contribution in [3.8, 4) is 0 Å². The highest BCUT2D eigenvalue weighted by Gasteiger charge is 2.09. The first-order chi connectivity index (χ1) is 8.75. The molecule has 0 radical (unpaired) electrons. The quantitative estimate of drug-likeness (QED) is 0.716. The van der Waals surface area contributed by atoms with Gasteiger partial charge in [0, 0.05) is 17.6 Å². The van der Waals surface area contributed by atoms with E-state index in [4.69, 9.17) is 23.2 Å².